The first-order valence-corrected chi connectivity index (χ1v) is 20.8. The minimum Gasteiger partial charge on any atom is -0.491 e. The molecule has 0 spiro atoms. The molecule has 10 nitrogen and oxygen atoms in total. The van der Waals surface area contributed by atoms with Crippen molar-refractivity contribution in [2.75, 3.05) is 70.2 Å². The van der Waals surface area contributed by atoms with Crippen molar-refractivity contribution in [1.82, 2.24) is 14.5 Å². The molecule has 2 aromatic rings. The number of nitrogens with one attached hydrogen (secondary N) is 1. The van der Waals surface area contributed by atoms with Crippen LogP contribution in [-0.4, -0.2) is 97.2 Å². The van der Waals surface area contributed by atoms with E-state index < -0.39 is 21.7 Å². The molecule has 1 saturated heterocycles. The fourth-order valence-electron chi connectivity index (χ4n) is 7.49. The van der Waals surface area contributed by atoms with Crippen LogP contribution in [0.1, 0.15) is 73.4 Å². The molecule has 3 heterocycles. The molecule has 6 rings (SSSR count). The summed E-state index contributed by atoms with van der Waals surface area (Å²) in [6.45, 7) is 9.45. The van der Waals surface area contributed by atoms with Crippen LogP contribution >= 0.6 is 11.6 Å². The zero-order valence-corrected chi connectivity index (χ0v) is 31.8. The Labute approximate surface area is 309 Å². The van der Waals surface area contributed by atoms with Crippen molar-refractivity contribution in [3.05, 3.63) is 70.3 Å². The monoisotopic (exact) mass is 739 g/mol. The number of fused-ring (bicyclic) bond motifs is 3. The molecule has 1 aliphatic carbocycles. The number of carbonyl (C=O) groups is 2. The first kappa shape index (κ1) is 37.8. The summed E-state index contributed by atoms with van der Waals surface area (Å²) >= 11 is 6.49. The maximum atomic E-state index is 14.0. The number of ether oxygens (including phenoxy) is 2. The molecule has 278 valence electrons. The summed E-state index contributed by atoms with van der Waals surface area (Å²) in [6, 6.07) is 11.5. The first-order chi connectivity index (χ1) is 24.7. The Hall–Kier alpha value is -2.96. The standard InChI is InChI=1S/C39H54ClN5O5S/c1-3-38(46)41-51(48)24-8-4-5-10-36(50-23-21-44-19-17-43(2)18-20-44)34-15-12-32(34)28-45-27-31-11-14-33(40)25-29(31)9-6-7-22-49-37-16-13-30(26-35(37)45)39(47)42-51/h5,10-11,13-14,16,25-26,32,34,36H,3-4,6-9,12,15,17-24,27-28H2,1-2H3,(H,41,42,46,47,48)/b10-5+/t32-,34+,36-,51?/m0/s1. The van der Waals surface area contributed by atoms with E-state index in [0.29, 0.717) is 55.7 Å². The Morgan fingerprint density at radius 3 is 2.71 bits per heavy atom. The summed E-state index contributed by atoms with van der Waals surface area (Å²) in [5.41, 5.74) is 3.55. The highest BCUT2D eigenvalue weighted by atomic mass is 35.5. The summed E-state index contributed by atoms with van der Waals surface area (Å²) in [5.74, 6) is 0.486. The van der Waals surface area contributed by atoms with E-state index in [1.54, 1.807) is 13.0 Å². The van der Waals surface area contributed by atoms with E-state index in [2.05, 4.69) is 55.1 Å². The highest BCUT2D eigenvalue weighted by molar-refractivity contribution is 7.92. The van der Waals surface area contributed by atoms with E-state index in [-0.39, 0.29) is 18.3 Å². The highest BCUT2D eigenvalue weighted by Gasteiger charge is 2.38. The molecule has 1 unspecified atom stereocenters. The number of rotatable bonds is 6. The molecule has 4 aliphatic rings. The van der Waals surface area contributed by atoms with Crippen molar-refractivity contribution in [1.29, 1.82) is 0 Å². The lowest BCUT2D eigenvalue weighted by Gasteiger charge is -2.44. The number of hydrogen-bond donors (Lipinski definition) is 1. The summed E-state index contributed by atoms with van der Waals surface area (Å²) in [6.07, 6.45) is 10.5. The van der Waals surface area contributed by atoms with Crippen molar-refractivity contribution < 1.29 is 23.3 Å². The van der Waals surface area contributed by atoms with Crippen molar-refractivity contribution >= 4 is 39.0 Å². The van der Waals surface area contributed by atoms with Crippen LogP contribution in [0.4, 0.5) is 5.69 Å². The van der Waals surface area contributed by atoms with Gasteiger partial charge in [0.05, 0.1) is 30.8 Å². The van der Waals surface area contributed by atoms with Crippen molar-refractivity contribution in [3.63, 3.8) is 0 Å². The molecule has 1 saturated carbocycles. The second-order valence-corrected chi connectivity index (χ2v) is 17.0. The quantitative estimate of drug-likeness (QED) is 0.354. The molecule has 0 aromatic heterocycles. The van der Waals surface area contributed by atoms with Crippen LogP contribution < -0.4 is 14.4 Å². The molecule has 12 heteroatoms. The van der Waals surface area contributed by atoms with Crippen LogP contribution in [-0.2, 0) is 32.4 Å². The third kappa shape index (κ3) is 10.1. The number of benzene rings is 2. The lowest BCUT2D eigenvalue weighted by molar-refractivity contribution is -0.118. The number of anilines is 1. The van der Waals surface area contributed by atoms with Gasteiger partial charge in [-0.3, -0.25) is 19.2 Å². The summed E-state index contributed by atoms with van der Waals surface area (Å²) in [4.78, 5) is 33.4. The predicted molar refractivity (Wildman–Crippen MR) is 204 cm³/mol. The number of carbonyl (C=O) groups excluding carboxylic acids is 2. The predicted octanol–water partition coefficient (Wildman–Crippen LogP) is 6.12. The van der Waals surface area contributed by atoms with Gasteiger partial charge in [-0.25, -0.2) is 4.21 Å². The minimum atomic E-state index is -3.34. The smallest absolute Gasteiger partial charge is 0.286 e. The second-order valence-electron chi connectivity index (χ2n) is 14.5. The molecule has 3 aliphatic heterocycles. The first-order valence-electron chi connectivity index (χ1n) is 18.8. The molecule has 2 aromatic carbocycles. The molecule has 4 atom stereocenters. The minimum absolute atomic E-state index is 0.0448. The normalized spacial score (nSPS) is 27.4. The number of piperazine rings is 1. The Morgan fingerprint density at radius 2 is 1.92 bits per heavy atom. The van der Waals surface area contributed by atoms with Crippen molar-refractivity contribution in [2.45, 2.75) is 70.9 Å². The fourth-order valence-corrected chi connectivity index (χ4v) is 9.35. The van der Waals surface area contributed by atoms with Crippen molar-refractivity contribution in [2.24, 2.45) is 16.2 Å². The molecular formula is C39H54ClN5O5S. The van der Waals surface area contributed by atoms with Crippen LogP contribution in [0, 0.1) is 11.8 Å². The zero-order valence-electron chi connectivity index (χ0n) is 30.2. The lowest BCUT2D eigenvalue weighted by atomic mass is 9.70. The van der Waals surface area contributed by atoms with Gasteiger partial charge in [-0.15, -0.1) is 4.36 Å². The van der Waals surface area contributed by atoms with E-state index in [4.69, 9.17) is 21.1 Å². The fraction of sp³-hybridized carbons (Fsp3) is 0.590. The van der Waals surface area contributed by atoms with Crippen LogP contribution in [0.15, 0.2) is 52.9 Å². The third-order valence-electron chi connectivity index (χ3n) is 10.8. The van der Waals surface area contributed by atoms with Gasteiger partial charge in [-0.05, 0) is 105 Å². The number of amides is 2. The number of halogens is 1. The second kappa shape index (κ2) is 17.7. The van der Waals surface area contributed by atoms with E-state index in [1.807, 2.05) is 18.2 Å². The zero-order chi connectivity index (χ0) is 35.8. The number of likely N-dealkylation sites (N-methyl/N-ethyl adjacent to an activating group) is 1. The van der Waals surface area contributed by atoms with Crippen LogP contribution in [0.5, 0.6) is 5.75 Å². The van der Waals surface area contributed by atoms with Gasteiger partial charge < -0.3 is 19.3 Å². The summed E-state index contributed by atoms with van der Waals surface area (Å²) in [7, 11) is -1.17. The molecule has 1 N–H and O–H groups in total. The number of nitrogens with zero attached hydrogens (tertiary/aromatic N) is 4. The molecule has 2 amide bonds. The van der Waals surface area contributed by atoms with Gasteiger partial charge in [-0.2, -0.15) is 0 Å². The van der Waals surface area contributed by atoms with Gasteiger partial charge >= 0.3 is 0 Å². The van der Waals surface area contributed by atoms with Gasteiger partial charge in [0.2, 0.25) is 5.91 Å². The topological polar surface area (TPSA) is 104 Å². The summed E-state index contributed by atoms with van der Waals surface area (Å²) < 4.78 is 33.9. The van der Waals surface area contributed by atoms with E-state index in [1.165, 1.54) is 11.1 Å². The maximum Gasteiger partial charge on any atom is 0.286 e. The third-order valence-corrected chi connectivity index (χ3v) is 12.9. The molecule has 2 bridgehead atoms. The molecular weight excluding hydrogens is 686 g/mol. The van der Waals surface area contributed by atoms with Gasteiger partial charge in [0.1, 0.15) is 15.7 Å². The van der Waals surface area contributed by atoms with Gasteiger partial charge in [0.15, 0.2) is 0 Å². The van der Waals surface area contributed by atoms with E-state index in [0.717, 1.165) is 82.1 Å². The number of allylic oxidation sites excluding steroid dienone is 1. The van der Waals surface area contributed by atoms with Gasteiger partial charge in [0, 0.05) is 62.8 Å². The van der Waals surface area contributed by atoms with Crippen molar-refractivity contribution in [3.8, 4) is 5.75 Å². The lowest BCUT2D eigenvalue weighted by Crippen LogP contribution is -2.46. The molecule has 51 heavy (non-hydrogen) atoms. The van der Waals surface area contributed by atoms with Gasteiger partial charge in [-0.1, -0.05) is 36.7 Å². The molecule has 0 radical (unpaired) electrons. The Morgan fingerprint density at radius 1 is 1.08 bits per heavy atom. The number of hydrogen-bond acceptors (Lipinski definition) is 8. The van der Waals surface area contributed by atoms with Crippen LogP contribution in [0.3, 0.4) is 0 Å². The van der Waals surface area contributed by atoms with Crippen LogP contribution in [0.25, 0.3) is 0 Å². The highest BCUT2D eigenvalue weighted by Crippen LogP contribution is 2.42. The SMILES string of the molecule is CCC(=O)NS1(=O)=NC(=O)c2ccc3c(c2)N(Cc2ccc(Cl)cc2CCCCO3)C[C@@H]2CC[C@H]2[C@@H](OCCN2CCN(C)CC2)/C=C/CCC1. The van der Waals surface area contributed by atoms with E-state index >= 15 is 0 Å². The largest absolute Gasteiger partial charge is 0.491 e. The average Bonchev–Trinajstić information content (AvgIpc) is 3.13. The van der Waals surface area contributed by atoms with Gasteiger partial charge in [0.25, 0.3) is 5.91 Å². The average molecular weight is 740 g/mol. The Bertz CT molecular complexity index is 1690. The molecule has 2 fully saturated rings. The Kier molecular flexibility index (Phi) is 13.1. The van der Waals surface area contributed by atoms with Crippen LogP contribution in [0.2, 0.25) is 5.02 Å². The van der Waals surface area contributed by atoms with E-state index in [9.17, 15) is 13.8 Å². The summed E-state index contributed by atoms with van der Waals surface area (Å²) in [5, 5.41) is 0.726. The maximum absolute atomic E-state index is 14.0. The Balaban J connectivity index is 1.36. The number of aryl methyl sites for hydroxylation is 1.